The Morgan fingerprint density at radius 3 is 2.36 bits per heavy atom. The SMILES string of the molecule is O=C1N/C(=C\c2ccc(OCc3ccc(Cl)cc3Cl)c(Br)c2)C(=O)N1Cc1ccc(Cl)cc1. The fraction of sp³-hybridized carbons (Fsp3) is 0.0833. The average molecular weight is 567 g/mol. The predicted octanol–water partition coefficient (Wildman–Crippen LogP) is 7.08. The normalized spacial score (nSPS) is 14.7. The molecule has 0 aliphatic carbocycles. The smallest absolute Gasteiger partial charge is 0.329 e. The highest BCUT2D eigenvalue weighted by molar-refractivity contribution is 9.10. The van der Waals surface area contributed by atoms with E-state index in [1.54, 1.807) is 60.7 Å². The van der Waals surface area contributed by atoms with Crippen molar-refractivity contribution < 1.29 is 14.3 Å². The highest BCUT2D eigenvalue weighted by atomic mass is 79.9. The minimum absolute atomic E-state index is 0.156. The highest BCUT2D eigenvalue weighted by Crippen LogP contribution is 2.29. The molecule has 0 spiro atoms. The minimum Gasteiger partial charge on any atom is -0.488 e. The molecule has 0 bridgehead atoms. The molecular weight excluding hydrogens is 551 g/mol. The summed E-state index contributed by atoms with van der Waals surface area (Å²) in [5.41, 5.74) is 2.52. The third-order valence-electron chi connectivity index (χ3n) is 4.88. The number of halogens is 4. The molecule has 168 valence electrons. The lowest BCUT2D eigenvalue weighted by atomic mass is 10.1. The largest absolute Gasteiger partial charge is 0.488 e. The van der Waals surface area contributed by atoms with Gasteiger partial charge in [-0.2, -0.15) is 0 Å². The number of amides is 3. The molecule has 4 rings (SSSR count). The minimum atomic E-state index is -0.472. The summed E-state index contributed by atoms with van der Waals surface area (Å²) in [6.07, 6.45) is 1.62. The van der Waals surface area contributed by atoms with Gasteiger partial charge in [-0.25, -0.2) is 4.79 Å². The van der Waals surface area contributed by atoms with Gasteiger partial charge in [0.2, 0.25) is 0 Å². The molecule has 1 heterocycles. The van der Waals surface area contributed by atoms with E-state index >= 15 is 0 Å². The quantitative estimate of drug-likeness (QED) is 0.256. The summed E-state index contributed by atoms with van der Waals surface area (Å²) in [6, 6.07) is 17.1. The van der Waals surface area contributed by atoms with Crippen molar-refractivity contribution in [2.45, 2.75) is 13.2 Å². The second-order valence-corrected chi connectivity index (χ2v) is 9.35. The van der Waals surface area contributed by atoms with E-state index < -0.39 is 11.9 Å². The van der Waals surface area contributed by atoms with Gasteiger partial charge in [0.1, 0.15) is 18.1 Å². The van der Waals surface area contributed by atoms with E-state index in [0.717, 1.165) is 21.6 Å². The van der Waals surface area contributed by atoms with Gasteiger partial charge in [-0.3, -0.25) is 9.69 Å². The fourth-order valence-electron chi connectivity index (χ4n) is 3.17. The number of hydrogen-bond donors (Lipinski definition) is 1. The first-order valence-electron chi connectivity index (χ1n) is 9.75. The summed E-state index contributed by atoms with van der Waals surface area (Å²) in [6.45, 7) is 0.423. The molecule has 33 heavy (non-hydrogen) atoms. The summed E-state index contributed by atoms with van der Waals surface area (Å²) in [5.74, 6) is 0.207. The molecule has 0 aromatic heterocycles. The van der Waals surface area contributed by atoms with Gasteiger partial charge in [-0.1, -0.05) is 59.1 Å². The van der Waals surface area contributed by atoms with Gasteiger partial charge >= 0.3 is 6.03 Å². The fourth-order valence-corrected chi connectivity index (χ4v) is 4.27. The van der Waals surface area contributed by atoms with Crippen LogP contribution in [-0.2, 0) is 17.9 Å². The molecule has 0 saturated carbocycles. The van der Waals surface area contributed by atoms with Crippen molar-refractivity contribution in [2.75, 3.05) is 0 Å². The number of hydrogen-bond acceptors (Lipinski definition) is 3. The van der Waals surface area contributed by atoms with E-state index in [9.17, 15) is 9.59 Å². The third kappa shape index (κ3) is 5.71. The Kier molecular flexibility index (Phi) is 7.29. The van der Waals surface area contributed by atoms with Crippen LogP contribution in [0.1, 0.15) is 16.7 Å². The molecule has 9 heteroatoms. The zero-order valence-electron chi connectivity index (χ0n) is 16.9. The van der Waals surface area contributed by atoms with Gasteiger partial charge in [0.25, 0.3) is 5.91 Å². The van der Waals surface area contributed by atoms with Crippen LogP contribution < -0.4 is 10.1 Å². The summed E-state index contributed by atoms with van der Waals surface area (Å²) in [5, 5.41) is 4.30. The number of carbonyl (C=O) groups is 2. The van der Waals surface area contributed by atoms with E-state index in [1.807, 2.05) is 6.07 Å². The van der Waals surface area contributed by atoms with Gasteiger partial charge in [0.15, 0.2) is 0 Å². The van der Waals surface area contributed by atoms with Gasteiger partial charge < -0.3 is 10.1 Å². The third-order valence-corrected chi connectivity index (χ3v) is 6.34. The Morgan fingerprint density at radius 2 is 1.67 bits per heavy atom. The van der Waals surface area contributed by atoms with Gasteiger partial charge in [0, 0.05) is 20.6 Å². The second-order valence-electron chi connectivity index (χ2n) is 7.22. The van der Waals surface area contributed by atoms with E-state index in [2.05, 4.69) is 21.2 Å². The molecule has 5 nitrogen and oxygen atoms in total. The van der Waals surface area contributed by atoms with E-state index in [1.165, 1.54) is 0 Å². The van der Waals surface area contributed by atoms with Crippen LogP contribution in [0, 0.1) is 0 Å². The molecule has 3 aromatic carbocycles. The molecule has 1 aliphatic heterocycles. The lowest BCUT2D eigenvalue weighted by Gasteiger charge is -2.11. The van der Waals surface area contributed by atoms with Crippen molar-refractivity contribution in [3.05, 3.63) is 103 Å². The van der Waals surface area contributed by atoms with Crippen molar-refractivity contribution in [3.63, 3.8) is 0 Å². The molecule has 1 N–H and O–H groups in total. The predicted molar refractivity (Wildman–Crippen MR) is 133 cm³/mol. The zero-order valence-corrected chi connectivity index (χ0v) is 20.8. The highest BCUT2D eigenvalue weighted by Gasteiger charge is 2.33. The Labute approximate surface area is 214 Å². The zero-order chi connectivity index (χ0) is 23.5. The monoisotopic (exact) mass is 564 g/mol. The lowest BCUT2D eigenvalue weighted by Crippen LogP contribution is -2.30. The number of carbonyl (C=O) groups excluding carboxylic acids is 2. The second kappa shape index (κ2) is 10.2. The van der Waals surface area contributed by atoms with Crippen LogP contribution in [0.25, 0.3) is 6.08 Å². The summed E-state index contributed by atoms with van der Waals surface area (Å²) in [7, 11) is 0. The molecule has 0 unspecified atom stereocenters. The van der Waals surface area contributed by atoms with Gasteiger partial charge in [0.05, 0.1) is 11.0 Å². The summed E-state index contributed by atoms with van der Waals surface area (Å²) >= 11 is 21.5. The number of nitrogens with zero attached hydrogens (tertiary/aromatic N) is 1. The maximum Gasteiger partial charge on any atom is 0.329 e. The number of rotatable bonds is 6. The van der Waals surface area contributed by atoms with Gasteiger partial charge in [-0.05, 0) is 69.5 Å². The van der Waals surface area contributed by atoms with Gasteiger partial charge in [-0.15, -0.1) is 0 Å². The average Bonchev–Trinajstić information content (AvgIpc) is 3.03. The number of imide groups is 1. The number of ether oxygens (including phenoxy) is 1. The first kappa shape index (κ1) is 23.6. The van der Waals surface area contributed by atoms with Crippen LogP contribution >= 0.6 is 50.7 Å². The topological polar surface area (TPSA) is 58.6 Å². The van der Waals surface area contributed by atoms with Crippen molar-refractivity contribution in [3.8, 4) is 5.75 Å². The first-order chi connectivity index (χ1) is 15.8. The van der Waals surface area contributed by atoms with E-state index in [4.69, 9.17) is 39.5 Å². The molecule has 0 atom stereocenters. The van der Waals surface area contributed by atoms with E-state index in [-0.39, 0.29) is 18.8 Å². The van der Waals surface area contributed by atoms with Crippen molar-refractivity contribution in [2.24, 2.45) is 0 Å². The van der Waals surface area contributed by atoms with Crippen molar-refractivity contribution in [1.82, 2.24) is 10.2 Å². The lowest BCUT2D eigenvalue weighted by molar-refractivity contribution is -0.123. The molecule has 1 aliphatic rings. The Bertz CT molecular complexity index is 1260. The molecule has 1 saturated heterocycles. The molecule has 3 aromatic rings. The van der Waals surface area contributed by atoms with Crippen LogP contribution in [0.15, 0.2) is 70.8 Å². The van der Waals surface area contributed by atoms with Crippen molar-refractivity contribution >= 4 is 68.7 Å². The molecule has 3 amide bonds. The summed E-state index contributed by atoms with van der Waals surface area (Å²) < 4.78 is 6.54. The summed E-state index contributed by atoms with van der Waals surface area (Å²) in [4.78, 5) is 26.2. The first-order valence-corrected chi connectivity index (χ1v) is 11.7. The maximum atomic E-state index is 12.7. The number of nitrogens with one attached hydrogen (secondary N) is 1. The Hall–Kier alpha value is -2.51. The molecule has 0 radical (unpaired) electrons. The number of benzene rings is 3. The maximum absolute atomic E-state index is 12.7. The number of urea groups is 1. The van der Waals surface area contributed by atoms with E-state index in [0.29, 0.717) is 25.3 Å². The molecular formula is C24H16BrCl3N2O3. The van der Waals surface area contributed by atoms with Crippen LogP contribution in [0.4, 0.5) is 4.79 Å². The standard InChI is InChI=1S/C24H16BrCl3N2O3/c25-19-9-15(3-8-22(19)33-13-16-4-7-18(27)11-20(16)28)10-21-23(31)30(24(32)29-21)12-14-1-5-17(26)6-2-14/h1-11H,12-13H2,(H,29,32)/b21-10-. The van der Waals surface area contributed by atoms with Crippen LogP contribution in [0.3, 0.4) is 0 Å². The van der Waals surface area contributed by atoms with Crippen molar-refractivity contribution in [1.29, 1.82) is 0 Å². The Balaban J connectivity index is 1.45. The van der Waals surface area contributed by atoms with Crippen LogP contribution in [0.2, 0.25) is 15.1 Å². The van der Waals surface area contributed by atoms with Crippen LogP contribution in [-0.4, -0.2) is 16.8 Å². The Morgan fingerprint density at radius 1 is 0.939 bits per heavy atom. The van der Waals surface area contributed by atoms with Crippen LogP contribution in [0.5, 0.6) is 5.75 Å². The molecule has 1 fully saturated rings.